The average Bonchev–Trinajstić information content (AvgIpc) is 2.35. The van der Waals surface area contributed by atoms with Crippen LogP contribution in [0.4, 0.5) is 4.79 Å². The van der Waals surface area contributed by atoms with Gasteiger partial charge in [0.05, 0.1) is 37.4 Å². The molecule has 1 heterocycles. The molecule has 0 aromatic rings. The number of hydrogen-bond acceptors (Lipinski definition) is 6. The summed E-state index contributed by atoms with van der Waals surface area (Å²) in [6.45, 7) is 8.72. The predicted octanol–water partition coefficient (Wildman–Crippen LogP) is 1.47. The van der Waals surface area contributed by atoms with E-state index in [1.54, 1.807) is 11.8 Å². The Morgan fingerprint density at radius 1 is 1.30 bits per heavy atom. The fourth-order valence-electron chi connectivity index (χ4n) is 3.29. The zero-order chi connectivity index (χ0) is 17.3. The zero-order valence-electron chi connectivity index (χ0n) is 14.4. The molecule has 2 fully saturated rings. The summed E-state index contributed by atoms with van der Waals surface area (Å²) in [5.41, 5.74) is -2.24. The summed E-state index contributed by atoms with van der Waals surface area (Å²) >= 11 is 0. The van der Waals surface area contributed by atoms with E-state index < -0.39 is 22.8 Å². The van der Waals surface area contributed by atoms with Crippen LogP contribution in [0.5, 0.6) is 0 Å². The van der Waals surface area contributed by atoms with Crippen molar-refractivity contribution in [3.63, 3.8) is 0 Å². The predicted molar refractivity (Wildman–Crippen MR) is 81.9 cm³/mol. The van der Waals surface area contributed by atoms with Gasteiger partial charge in [-0.05, 0) is 27.7 Å². The molecule has 2 rings (SSSR count). The van der Waals surface area contributed by atoms with Crippen LogP contribution in [0, 0.1) is 0 Å². The van der Waals surface area contributed by atoms with E-state index in [9.17, 15) is 14.7 Å². The summed E-state index contributed by atoms with van der Waals surface area (Å²) in [4.78, 5) is 25.3. The normalized spacial score (nSPS) is 30.7. The van der Waals surface area contributed by atoms with Gasteiger partial charge < -0.3 is 24.2 Å². The fraction of sp³-hybridized carbons (Fsp3) is 0.875. The number of carbonyl (C=O) groups excluding carboxylic acids is 2. The van der Waals surface area contributed by atoms with Crippen LogP contribution in [0.15, 0.2) is 0 Å². The third-order valence-corrected chi connectivity index (χ3v) is 3.98. The van der Waals surface area contributed by atoms with Crippen molar-refractivity contribution in [3.05, 3.63) is 0 Å². The van der Waals surface area contributed by atoms with Crippen molar-refractivity contribution in [1.29, 1.82) is 0 Å². The van der Waals surface area contributed by atoms with Crippen molar-refractivity contribution < 1.29 is 28.9 Å². The first-order chi connectivity index (χ1) is 10.6. The van der Waals surface area contributed by atoms with E-state index in [2.05, 4.69) is 0 Å². The number of esters is 1. The molecule has 0 unspecified atom stereocenters. The Hall–Kier alpha value is -1.34. The number of hydrogen-bond donors (Lipinski definition) is 1. The molecule has 1 spiro atoms. The Labute approximate surface area is 136 Å². The minimum absolute atomic E-state index is 0.0433. The third-order valence-electron chi connectivity index (χ3n) is 3.98. The molecule has 0 bridgehead atoms. The molecule has 23 heavy (non-hydrogen) atoms. The van der Waals surface area contributed by atoms with E-state index in [1.807, 2.05) is 20.8 Å². The molecule has 1 N–H and O–H groups in total. The molecule has 1 saturated heterocycles. The molecule has 1 amide bonds. The van der Waals surface area contributed by atoms with Crippen LogP contribution in [0.25, 0.3) is 0 Å². The molecule has 0 radical (unpaired) electrons. The van der Waals surface area contributed by atoms with Crippen molar-refractivity contribution in [1.82, 2.24) is 4.90 Å². The minimum Gasteiger partial charge on any atom is -0.466 e. The van der Waals surface area contributed by atoms with Crippen LogP contribution in [0.1, 0.15) is 47.0 Å². The topological polar surface area (TPSA) is 85.3 Å². The highest BCUT2D eigenvalue weighted by Crippen LogP contribution is 2.48. The highest BCUT2D eigenvalue weighted by molar-refractivity contribution is 5.71. The molecule has 132 valence electrons. The highest BCUT2D eigenvalue weighted by atomic mass is 16.6. The van der Waals surface area contributed by atoms with Crippen molar-refractivity contribution in [2.75, 3.05) is 26.3 Å². The van der Waals surface area contributed by atoms with Crippen LogP contribution in [0.3, 0.4) is 0 Å². The highest BCUT2D eigenvalue weighted by Gasteiger charge is 2.58. The lowest BCUT2D eigenvalue weighted by Crippen LogP contribution is -2.66. The molecule has 2 aliphatic rings. The Morgan fingerprint density at radius 3 is 2.52 bits per heavy atom. The van der Waals surface area contributed by atoms with Gasteiger partial charge in [0.15, 0.2) is 0 Å². The molecule has 0 aromatic heterocycles. The van der Waals surface area contributed by atoms with Gasteiger partial charge in [-0.3, -0.25) is 4.79 Å². The minimum atomic E-state index is -1.11. The summed E-state index contributed by atoms with van der Waals surface area (Å²) < 4.78 is 16.0. The SMILES string of the molecule is CCOC(=O)CC1(O)CC2(CN(C(=O)OC(C)(C)C)CCO2)C1. The molecule has 1 saturated carbocycles. The van der Waals surface area contributed by atoms with Crippen LogP contribution in [0.2, 0.25) is 0 Å². The quantitative estimate of drug-likeness (QED) is 0.789. The summed E-state index contributed by atoms with van der Waals surface area (Å²) in [5.74, 6) is -0.412. The maximum absolute atomic E-state index is 12.2. The molecular weight excluding hydrogens is 302 g/mol. The number of nitrogens with zero attached hydrogens (tertiary/aromatic N) is 1. The lowest BCUT2D eigenvalue weighted by molar-refractivity contribution is -0.234. The Morgan fingerprint density at radius 2 is 1.96 bits per heavy atom. The van der Waals surface area contributed by atoms with E-state index in [4.69, 9.17) is 14.2 Å². The van der Waals surface area contributed by atoms with Gasteiger partial charge >= 0.3 is 12.1 Å². The number of amides is 1. The molecule has 1 aliphatic heterocycles. The first kappa shape index (κ1) is 18.0. The largest absolute Gasteiger partial charge is 0.466 e. The molecule has 0 aromatic carbocycles. The first-order valence-electron chi connectivity index (χ1n) is 8.06. The second kappa shape index (κ2) is 6.28. The molecule has 0 atom stereocenters. The lowest BCUT2D eigenvalue weighted by Gasteiger charge is -2.55. The molecule has 7 heteroatoms. The fourth-order valence-corrected chi connectivity index (χ4v) is 3.29. The number of morpholine rings is 1. The second-order valence-electron chi connectivity index (χ2n) is 7.49. The Kier molecular flexibility index (Phi) is 4.92. The van der Waals surface area contributed by atoms with E-state index in [-0.39, 0.29) is 12.5 Å². The van der Waals surface area contributed by atoms with Gasteiger partial charge in [0, 0.05) is 19.4 Å². The van der Waals surface area contributed by atoms with Gasteiger partial charge in [0.1, 0.15) is 5.60 Å². The summed E-state index contributed by atoms with van der Waals surface area (Å²) in [6.07, 6.45) is 0.218. The van der Waals surface area contributed by atoms with Gasteiger partial charge in [-0.15, -0.1) is 0 Å². The average molecular weight is 329 g/mol. The van der Waals surface area contributed by atoms with Gasteiger partial charge in [-0.1, -0.05) is 0 Å². The smallest absolute Gasteiger partial charge is 0.410 e. The summed E-state index contributed by atoms with van der Waals surface area (Å²) in [7, 11) is 0. The Balaban J connectivity index is 1.90. The number of rotatable bonds is 3. The van der Waals surface area contributed by atoms with E-state index in [0.717, 1.165) is 0 Å². The van der Waals surface area contributed by atoms with Crippen LogP contribution >= 0.6 is 0 Å². The van der Waals surface area contributed by atoms with Gasteiger partial charge in [-0.2, -0.15) is 0 Å². The van der Waals surface area contributed by atoms with Crippen molar-refractivity contribution in [2.24, 2.45) is 0 Å². The molecular formula is C16H27NO6. The van der Waals surface area contributed by atoms with Crippen LogP contribution in [-0.4, -0.2) is 65.2 Å². The van der Waals surface area contributed by atoms with E-state index in [1.165, 1.54) is 0 Å². The lowest BCUT2D eigenvalue weighted by atomic mass is 9.65. The van der Waals surface area contributed by atoms with E-state index in [0.29, 0.717) is 39.1 Å². The van der Waals surface area contributed by atoms with Gasteiger partial charge in [0.2, 0.25) is 0 Å². The summed E-state index contributed by atoms with van der Waals surface area (Å²) in [5, 5.41) is 10.4. The van der Waals surface area contributed by atoms with Crippen LogP contribution in [-0.2, 0) is 19.0 Å². The van der Waals surface area contributed by atoms with E-state index >= 15 is 0 Å². The molecule has 1 aliphatic carbocycles. The number of aliphatic hydroxyl groups is 1. The Bertz CT molecular complexity index is 464. The van der Waals surface area contributed by atoms with Gasteiger partial charge in [-0.25, -0.2) is 4.79 Å². The maximum Gasteiger partial charge on any atom is 0.410 e. The summed E-state index contributed by atoms with van der Waals surface area (Å²) in [6, 6.07) is 0. The zero-order valence-corrected chi connectivity index (χ0v) is 14.4. The first-order valence-corrected chi connectivity index (χ1v) is 8.06. The van der Waals surface area contributed by atoms with Crippen LogP contribution < -0.4 is 0 Å². The van der Waals surface area contributed by atoms with Crippen molar-refractivity contribution in [3.8, 4) is 0 Å². The second-order valence-corrected chi connectivity index (χ2v) is 7.49. The van der Waals surface area contributed by atoms with Crippen molar-refractivity contribution >= 4 is 12.1 Å². The van der Waals surface area contributed by atoms with Gasteiger partial charge in [0.25, 0.3) is 0 Å². The number of ether oxygens (including phenoxy) is 3. The monoisotopic (exact) mass is 329 g/mol. The molecule has 7 nitrogen and oxygen atoms in total. The standard InChI is InChI=1S/C16H27NO6/c1-5-21-12(18)8-15(20)9-16(10-15)11-17(6-7-22-16)13(19)23-14(2,3)4/h20H,5-11H2,1-4H3. The third kappa shape index (κ3) is 4.57. The van der Waals surface area contributed by atoms with Crippen molar-refractivity contribution in [2.45, 2.75) is 63.8 Å². The maximum atomic E-state index is 12.2. The number of carbonyl (C=O) groups is 2.